The highest BCUT2D eigenvalue weighted by molar-refractivity contribution is 6.32. The molecule has 3 heterocycles. The SMILES string of the molecule is CCCC1Nc2c(Cl)ncnc2N2CCc3cccc1c32. The first-order chi connectivity index (χ1) is 10.3. The van der Waals surface area contributed by atoms with Crippen LogP contribution in [-0.4, -0.2) is 16.5 Å². The molecule has 1 aromatic heterocycles. The lowest BCUT2D eigenvalue weighted by Crippen LogP contribution is -2.15. The second kappa shape index (κ2) is 4.88. The van der Waals surface area contributed by atoms with E-state index in [1.807, 2.05) is 0 Å². The largest absolute Gasteiger partial charge is 0.373 e. The summed E-state index contributed by atoms with van der Waals surface area (Å²) in [4.78, 5) is 10.9. The molecule has 0 amide bonds. The topological polar surface area (TPSA) is 41.1 Å². The van der Waals surface area contributed by atoms with Gasteiger partial charge in [-0.3, -0.25) is 0 Å². The summed E-state index contributed by atoms with van der Waals surface area (Å²) in [5.41, 5.74) is 4.93. The second-order valence-corrected chi connectivity index (χ2v) is 5.96. The van der Waals surface area contributed by atoms with Crippen molar-refractivity contribution < 1.29 is 0 Å². The maximum Gasteiger partial charge on any atom is 0.161 e. The Labute approximate surface area is 129 Å². The third-order valence-corrected chi connectivity index (χ3v) is 4.62. The van der Waals surface area contributed by atoms with Gasteiger partial charge in [0.25, 0.3) is 0 Å². The Hall–Kier alpha value is -1.81. The predicted molar refractivity (Wildman–Crippen MR) is 85.5 cm³/mol. The lowest BCUT2D eigenvalue weighted by Gasteiger charge is -2.20. The number of nitrogens with one attached hydrogen (secondary N) is 1. The summed E-state index contributed by atoms with van der Waals surface area (Å²) in [6.45, 7) is 3.16. The zero-order chi connectivity index (χ0) is 14.4. The molecule has 0 spiro atoms. The lowest BCUT2D eigenvalue weighted by molar-refractivity contribution is 0.680. The minimum atomic E-state index is 0.260. The Morgan fingerprint density at radius 1 is 1.38 bits per heavy atom. The van der Waals surface area contributed by atoms with E-state index in [9.17, 15) is 0 Å². The van der Waals surface area contributed by atoms with Crippen LogP contribution >= 0.6 is 11.6 Å². The number of aromatic nitrogens is 2. The Balaban J connectivity index is 1.96. The molecule has 1 unspecified atom stereocenters. The summed E-state index contributed by atoms with van der Waals surface area (Å²) < 4.78 is 0. The summed E-state index contributed by atoms with van der Waals surface area (Å²) >= 11 is 6.32. The summed E-state index contributed by atoms with van der Waals surface area (Å²) in [5, 5.41) is 4.08. The second-order valence-electron chi connectivity index (χ2n) is 5.61. The van der Waals surface area contributed by atoms with E-state index >= 15 is 0 Å². The van der Waals surface area contributed by atoms with Crippen molar-refractivity contribution in [2.75, 3.05) is 16.8 Å². The molecule has 5 heteroatoms. The van der Waals surface area contributed by atoms with Gasteiger partial charge in [0.2, 0.25) is 0 Å². The molecule has 0 fully saturated rings. The van der Waals surface area contributed by atoms with E-state index in [4.69, 9.17) is 11.6 Å². The van der Waals surface area contributed by atoms with Crippen molar-refractivity contribution in [3.8, 4) is 0 Å². The molecule has 1 N–H and O–H groups in total. The number of hydrogen-bond acceptors (Lipinski definition) is 4. The number of rotatable bonds is 2. The highest BCUT2D eigenvalue weighted by Gasteiger charge is 2.33. The van der Waals surface area contributed by atoms with Crippen LogP contribution in [0.1, 0.15) is 36.9 Å². The molecule has 0 aliphatic carbocycles. The van der Waals surface area contributed by atoms with Crippen molar-refractivity contribution in [2.45, 2.75) is 32.2 Å². The van der Waals surface area contributed by atoms with E-state index in [0.29, 0.717) is 5.15 Å². The Kier molecular flexibility index (Phi) is 3.00. The fourth-order valence-electron chi connectivity index (χ4n) is 3.43. The minimum absolute atomic E-state index is 0.260. The number of anilines is 3. The van der Waals surface area contributed by atoms with Gasteiger partial charge in [0.1, 0.15) is 12.0 Å². The first-order valence-corrected chi connectivity index (χ1v) is 7.83. The molecule has 4 nitrogen and oxygen atoms in total. The van der Waals surface area contributed by atoms with Crippen LogP contribution in [0.3, 0.4) is 0 Å². The smallest absolute Gasteiger partial charge is 0.161 e. The molecule has 0 bridgehead atoms. The third-order valence-electron chi connectivity index (χ3n) is 4.33. The average Bonchev–Trinajstić information content (AvgIpc) is 2.86. The molecule has 2 aliphatic rings. The van der Waals surface area contributed by atoms with E-state index in [2.05, 4.69) is 45.3 Å². The van der Waals surface area contributed by atoms with E-state index in [-0.39, 0.29) is 6.04 Å². The zero-order valence-corrected chi connectivity index (χ0v) is 12.7. The van der Waals surface area contributed by atoms with Crippen molar-refractivity contribution in [1.29, 1.82) is 0 Å². The van der Waals surface area contributed by atoms with Crippen molar-refractivity contribution >= 4 is 28.8 Å². The van der Waals surface area contributed by atoms with E-state index < -0.39 is 0 Å². The molecule has 4 rings (SSSR count). The van der Waals surface area contributed by atoms with E-state index in [1.165, 1.54) is 16.8 Å². The van der Waals surface area contributed by atoms with Crippen molar-refractivity contribution in [2.24, 2.45) is 0 Å². The normalized spacial score (nSPS) is 18.8. The van der Waals surface area contributed by atoms with Crippen LogP contribution in [-0.2, 0) is 6.42 Å². The predicted octanol–water partition coefficient (Wildman–Crippen LogP) is 4.09. The van der Waals surface area contributed by atoms with Crippen molar-refractivity contribution in [1.82, 2.24) is 9.97 Å². The molecule has 21 heavy (non-hydrogen) atoms. The molecule has 2 aliphatic heterocycles. The van der Waals surface area contributed by atoms with Gasteiger partial charge >= 0.3 is 0 Å². The average molecular weight is 301 g/mol. The number of fused-ring (bicyclic) bond motifs is 2. The van der Waals surface area contributed by atoms with Crippen LogP contribution in [0.2, 0.25) is 5.15 Å². The molecular weight excluding hydrogens is 284 g/mol. The number of hydrogen-bond donors (Lipinski definition) is 1. The fourth-order valence-corrected chi connectivity index (χ4v) is 3.61. The van der Waals surface area contributed by atoms with Crippen molar-refractivity contribution in [3.05, 3.63) is 40.8 Å². The highest BCUT2D eigenvalue weighted by atomic mass is 35.5. The number of nitrogens with zero attached hydrogens (tertiary/aromatic N) is 3. The van der Waals surface area contributed by atoms with Crippen LogP contribution in [0.25, 0.3) is 0 Å². The van der Waals surface area contributed by atoms with Gasteiger partial charge in [0, 0.05) is 6.54 Å². The van der Waals surface area contributed by atoms with E-state index in [1.54, 1.807) is 6.33 Å². The fraction of sp³-hybridized carbons (Fsp3) is 0.375. The Morgan fingerprint density at radius 3 is 3.14 bits per heavy atom. The quantitative estimate of drug-likeness (QED) is 0.848. The molecule has 1 aromatic carbocycles. The molecule has 108 valence electrons. The molecule has 0 radical (unpaired) electrons. The first-order valence-electron chi connectivity index (χ1n) is 7.46. The molecule has 0 saturated carbocycles. The van der Waals surface area contributed by atoms with Crippen LogP contribution < -0.4 is 10.2 Å². The van der Waals surface area contributed by atoms with Crippen LogP contribution in [0, 0.1) is 0 Å². The monoisotopic (exact) mass is 300 g/mol. The lowest BCUT2D eigenvalue weighted by atomic mass is 9.98. The highest BCUT2D eigenvalue weighted by Crippen LogP contribution is 2.47. The summed E-state index contributed by atoms with van der Waals surface area (Å²) in [5.74, 6) is 0.903. The summed E-state index contributed by atoms with van der Waals surface area (Å²) in [7, 11) is 0. The summed E-state index contributed by atoms with van der Waals surface area (Å²) in [6.07, 6.45) is 4.78. The van der Waals surface area contributed by atoms with Gasteiger partial charge in [0.15, 0.2) is 11.0 Å². The van der Waals surface area contributed by atoms with Gasteiger partial charge in [-0.2, -0.15) is 0 Å². The first kappa shape index (κ1) is 12.9. The zero-order valence-electron chi connectivity index (χ0n) is 11.9. The van der Waals surface area contributed by atoms with Gasteiger partial charge in [0.05, 0.1) is 11.7 Å². The van der Waals surface area contributed by atoms with Crippen molar-refractivity contribution in [3.63, 3.8) is 0 Å². The molecular formula is C16H17ClN4. The summed E-state index contributed by atoms with van der Waals surface area (Å²) in [6, 6.07) is 6.86. The number of benzene rings is 1. The maximum absolute atomic E-state index is 6.32. The molecule has 2 aromatic rings. The van der Waals surface area contributed by atoms with Gasteiger partial charge in [-0.25, -0.2) is 9.97 Å². The van der Waals surface area contributed by atoms with E-state index in [0.717, 1.165) is 37.3 Å². The van der Waals surface area contributed by atoms with Gasteiger partial charge in [-0.1, -0.05) is 43.1 Å². The van der Waals surface area contributed by atoms with Crippen LogP contribution in [0.4, 0.5) is 17.2 Å². The third kappa shape index (κ3) is 1.89. The van der Waals surface area contributed by atoms with Crippen LogP contribution in [0.5, 0.6) is 0 Å². The standard InChI is InChI=1S/C16H17ClN4/c1-2-4-12-11-6-3-5-10-7-8-21(14(10)11)16-13(20-12)15(17)18-9-19-16/h3,5-6,9,12,20H,2,4,7-8H2,1H3. The minimum Gasteiger partial charge on any atom is -0.373 e. The maximum atomic E-state index is 6.32. The Bertz CT molecular complexity index is 701. The number of para-hydroxylation sites is 1. The Morgan fingerprint density at radius 2 is 2.29 bits per heavy atom. The van der Waals surface area contributed by atoms with Gasteiger partial charge in [-0.15, -0.1) is 0 Å². The van der Waals surface area contributed by atoms with Crippen LogP contribution in [0.15, 0.2) is 24.5 Å². The van der Waals surface area contributed by atoms with Gasteiger partial charge in [-0.05, 0) is 24.0 Å². The molecule has 0 saturated heterocycles. The number of halogens is 1. The van der Waals surface area contributed by atoms with Gasteiger partial charge < -0.3 is 10.2 Å². The molecule has 1 atom stereocenters.